The number of carbonyl (C=O) groups is 1. The minimum absolute atomic E-state index is 0.0885. The number of carbonyl (C=O) groups excluding carboxylic acids is 1. The highest BCUT2D eigenvalue weighted by atomic mass is 16.5. The van der Waals surface area contributed by atoms with Gasteiger partial charge in [-0.2, -0.15) is 0 Å². The summed E-state index contributed by atoms with van der Waals surface area (Å²) in [4.78, 5) is 13.4. The van der Waals surface area contributed by atoms with Gasteiger partial charge in [0.15, 0.2) is 23.0 Å². The third-order valence-electron chi connectivity index (χ3n) is 7.10. The van der Waals surface area contributed by atoms with Gasteiger partial charge in [-0.05, 0) is 85.5 Å². The maximum absolute atomic E-state index is 13.4. The number of aryl methyl sites for hydroxylation is 2. The van der Waals surface area contributed by atoms with Crippen molar-refractivity contribution < 1.29 is 39.8 Å². The van der Waals surface area contributed by atoms with Crippen molar-refractivity contribution in [2.75, 3.05) is 13.7 Å². The normalized spacial score (nSPS) is 14.3. The Morgan fingerprint density at radius 1 is 1.00 bits per heavy atom. The first-order valence-corrected chi connectivity index (χ1v) is 12.8. The lowest BCUT2D eigenvalue weighted by Crippen LogP contribution is -2.31. The van der Waals surface area contributed by atoms with E-state index < -0.39 is 12.0 Å². The molecule has 3 aromatic carbocycles. The summed E-state index contributed by atoms with van der Waals surface area (Å²) < 4.78 is 10.7. The minimum Gasteiger partial charge on any atom is -0.508 e. The van der Waals surface area contributed by atoms with E-state index in [0.717, 1.165) is 29.5 Å². The van der Waals surface area contributed by atoms with Crippen LogP contribution in [0.4, 0.5) is 0 Å². The van der Waals surface area contributed by atoms with Gasteiger partial charge in [0.25, 0.3) is 0 Å². The summed E-state index contributed by atoms with van der Waals surface area (Å²) in [6.45, 7) is 0.553. The molecule has 4 rings (SSSR count). The molecule has 0 spiro atoms. The van der Waals surface area contributed by atoms with Gasteiger partial charge in [-0.1, -0.05) is 18.2 Å². The van der Waals surface area contributed by atoms with Crippen LogP contribution in [0.1, 0.15) is 41.5 Å². The van der Waals surface area contributed by atoms with Crippen molar-refractivity contribution in [1.82, 2.24) is 0 Å². The van der Waals surface area contributed by atoms with Gasteiger partial charge in [-0.25, -0.2) is 0 Å². The van der Waals surface area contributed by atoms with E-state index in [2.05, 4.69) is 0 Å². The molecule has 0 unspecified atom stereocenters. The van der Waals surface area contributed by atoms with Gasteiger partial charge < -0.3 is 35.0 Å². The predicted molar refractivity (Wildman–Crippen MR) is 141 cm³/mol. The van der Waals surface area contributed by atoms with E-state index in [1.165, 1.54) is 13.2 Å². The summed E-state index contributed by atoms with van der Waals surface area (Å²) >= 11 is 0. The van der Waals surface area contributed by atoms with Crippen molar-refractivity contribution in [1.29, 1.82) is 0 Å². The number of Topliss-reactive ketones (excluding diaryl/α,β-unsaturated/α-hetero) is 1. The Labute approximate surface area is 221 Å². The van der Waals surface area contributed by atoms with Crippen molar-refractivity contribution in [3.63, 3.8) is 0 Å². The molecule has 8 nitrogen and oxygen atoms in total. The van der Waals surface area contributed by atoms with Crippen LogP contribution in [0.15, 0.2) is 48.5 Å². The van der Waals surface area contributed by atoms with Crippen LogP contribution in [0.3, 0.4) is 0 Å². The highest BCUT2D eigenvalue weighted by molar-refractivity contribution is 5.82. The highest BCUT2D eigenvalue weighted by Gasteiger charge is 2.28. The first-order chi connectivity index (χ1) is 18.3. The Morgan fingerprint density at radius 2 is 1.82 bits per heavy atom. The van der Waals surface area contributed by atoms with Gasteiger partial charge in [-0.15, -0.1) is 0 Å². The standard InChI is InChI=1S/C30H34O8/c1-37-28-17-19(16-27(35)29(28)36)7-10-24(32)23(15-18-4-2-5-21(31)14-18)25(33)11-8-20-9-12-26(34)30-22(20)6-3-13-38-30/h2,4-5,9,12,14,16-17,23,25,31,33-36H,3,6-8,10-11,13,15H2,1H3/t23-,25+/m0/s1. The number of ether oxygens (including phenoxy) is 2. The maximum Gasteiger partial charge on any atom is 0.200 e. The molecular formula is C30H34O8. The fraction of sp³-hybridized carbons (Fsp3) is 0.367. The van der Waals surface area contributed by atoms with E-state index in [9.17, 15) is 30.3 Å². The van der Waals surface area contributed by atoms with Crippen LogP contribution in [0, 0.1) is 5.92 Å². The van der Waals surface area contributed by atoms with Crippen LogP contribution < -0.4 is 9.47 Å². The maximum atomic E-state index is 13.4. The van der Waals surface area contributed by atoms with Crippen molar-refractivity contribution in [3.05, 3.63) is 70.8 Å². The molecular weight excluding hydrogens is 488 g/mol. The molecule has 0 fully saturated rings. The predicted octanol–water partition coefficient (Wildman–Crippen LogP) is 4.20. The quantitative estimate of drug-likeness (QED) is 0.236. The fourth-order valence-electron chi connectivity index (χ4n) is 5.06. The molecule has 8 heteroatoms. The highest BCUT2D eigenvalue weighted by Crippen LogP contribution is 2.38. The number of aliphatic hydroxyl groups is 1. The number of hydrogen-bond donors (Lipinski definition) is 5. The van der Waals surface area contributed by atoms with E-state index >= 15 is 0 Å². The van der Waals surface area contributed by atoms with Gasteiger partial charge in [0.1, 0.15) is 11.5 Å². The van der Waals surface area contributed by atoms with Crippen molar-refractivity contribution in [2.45, 2.75) is 51.0 Å². The fourth-order valence-corrected chi connectivity index (χ4v) is 5.06. The molecule has 0 aliphatic carbocycles. The molecule has 2 atom stereocenters. The number of aliphatic hydroxyl groups excluding tert-OH is 1. The summed E-state index contributed by atoms with van der Waals surface area (Å²) in [6.07, 6.45) is 2.19. The SMILES string of the molecule is COc1cc(CCC(=O)[C@H](Cc2cccc(O)c2)[C@H](O)CCc2ccc(O)c3c2CCCO3)cc(O)c1O. The van der Waals surface area contributed by atoms with Gasteiger partial charge >= 0.3 is 0 Å². The van der Waals surface area contributed by atoms with Gasteiger partial charge in [-0.3, -0.25) is 4.79 Å². The second-order valence-electron chi connectivity index (χ2n) is 9.72. The number of rotatable bonds is 11. The summed E-state index contributed by atoms with van der Waals surface area (Å²) in [7, 11) is 1.38. The van der Waals surface area contributed by atoms with Crippen LogP contribution >= 0.6 is 0 Å². The average molecular weight is 523 g/mol. The van der Waals surface area contributed by atoms with Crippen LogP contribution in [0.5, 0.6) is 34.5 Å². The lowest BCUT2D eigenvalue weighted by atomic mass is 9.84. The molecule has 1 aliphatic heterocycles. The van der Waals surface area contributed by atoms with Crippen LogP contribution in [-0.2, 0) is 30.5 Å². The van der Waals surface area contributed by atoms with Gasteiger partial charge in [0.05, 0.1) is 19.8 Å². The van der Waals surface area contributed by atoms with Crippen molar-refractivity contribution in [2.24, 2.45) is 5.92 Å². The van der Waals surface area contributed by atoms with Crippen LogP contribution in [0.2, 0.25) is 0 Å². The molecule has 1 aliphatic rings. The third kappa shape index (κ3) is 6.31. The van der Waals surface area contributed by atoms with Crippen LogP contribution in [0.25, 0.3) is 0 Å². The van der Waals surface area contributed by atoms with E-state index in [1.54, 1.807) is 30.3 Å². The zero-order valence-electron chi connectivity index (χ0n) is 21.4. The molecule has 5 N–H and O–H groups in total. The molecule has 0 saturated heterocycles. The Kier molecular flexibility index (Phi) is 8.63. The number of aromatic hydroxyl groups is 4. The number of methoxy groups -OCH3 is 1. The summed E-state index contributed by atoms with van der Waals surface area (Å²) in [5.74, 6) is -0.736. The lowest BCUT2D eigenvalue weighted by Gasteiger charge is -2.24. The average Bonchev–Trinajstić information content (AvgIpc) is 2.91. The number of ketones is 1. The Balaban J connectivity index is 1.50. The molecule has 0 aromatic heterocycles. The second-order valence-corrected chi connectivity index (χ2v) is 9.72. The minimum atomic E-state index is -0.943. The van der Waals surface area contributed by atoms with Crippen LogP contribution in [-0.4, -0.2) is 51.1 Å². The number of phenolic OH excluding ortho intramolecular Hbond substituents is 4. The number of benzene rings is 3. The van der Waals surface area contributed by atoms with E-state index in [-0.39, 0.29) is 53.8 Å². The molecule has 0 amide bonds. The van der Waals surface area contributed by atoms with Crippen molar-refractivity contribution >= 4 is 5.78 Å². The first kappa shape index (κ1) is 27.1. The zero-order valence-corrected chi connectivity index (χ0v) is 21.4. The lowest BCUT2D eigenvalue weighted by molar-refractivity contribution is -0.126. The summed E-state index contributed by atoms with van der Waals surface area (Å²) in [5, 5.41) is 51.1. The summed E-state index contributed by atoms with van der Waals surface area (Å²) in [5.41, 5.74) is 3.28. The molecule has 202 valence electrons. The van der Waals surface area contributed by atoms with Gasteiger partial charge in [0.2, 0.25) is 5.75 Å². The number of fused-ring (bicyclic) bond motifs is 1. The van der Waals surface area contributed by atoms with Gasteiger partial charge in [0, 0.05) is 17.9 Å². The monoisotopic (exact) mass is 522 g/mol. The number of phenols is 4. The molecule has 3 aromatic rings. The third-order valence-corrected chi connectivity index (χ3v) is 7.10. The largest absolute Gasteiger partial charge is 0.508 e. The van der Waals surface area contributed by atoms with E-state index in [0.29, 0.717) is 30.8 Å². The molecule has 0 bridgehead atoms. The zero-order chi connectivity index (χ0) is 27.2. The Morgan fingerprint density at radius 3 is 2.58 bits per heavy atom. The molecule has 1 heterocycles. The summed E-state index contributed by atoms with van der Waals surface area (Å²) in [6, 6.07) is 13.0. The molecule has 38 heavy (non-hydrogen) atoms. The Hall–Kier alpha value is -3.91. The molecule has 0 saturated carbocycles. The first-order valence-electron chi connectivity index (χ1n) is 12.8. The van der Waals surface area contributed by atoms with E-state index in [4.69, 9.17) is 9.47 Å². The number of hydrogen-bond acceptors (Lipinski definition) is 8. The van der Waals surface area contributed by atoms with Crippen molar-refractivity contribution in [3.8, 4) is 34.5 Å². The topological polar surface area (TPSA) is 137 Å². The smallest absolute Gasteiger partial charge is 0.200 e. The van der Waals surface area contributed by atoms with E-state index in [1.807, 2.05) is 12.1 Å². The second kappa shape index (κ2) is 12.1. The Bertz CT molecular complexity index is 1290. The molecule has 0 radical (unpaired) electrons.